The van der Waals surface area contributed by atoms with Crippen molar-refractivity contribution in [3.05, 3.63) is 0 Å². The van der Waals surface area contributed by atoms with Crippen LogP contribution in [0.4, 0.5) is 9.59 Å². The predicted molar refractivity (Wildman–Crippen MR) is 43.9 cm³/mol. The highest BCUT2D eigenvalue weighted by Gasteiger charge is 2.02. The molecule has 0 aliphatic heterocycles. The Hall–Kier alpha value is -1.50. The minimum atomic E-state index is -0.717. The van der Waals surface area contributed by atoms with Gasteiger partial charge in [0.2, 0.25) is 0 Å². The summed E-state index contributed by atoms with van der Waals surface area (Å²) in [6.07, 6.45) is -1.43. The van der Waals surface area contributed by atoms with Gasteiger partial charge in [0.05, 0.1) is 13.2 Å². The zero-order valence-electron chi connectivity index (χ0n) is 7.55. The van der Waals surface area contributed by atoms with E-state index in [9.17, 15) is 9.59 Å². The molecule has 0 bridgehead atoms. The summed E-state index contributed by atoms with van der Waals surface area (Å²) in [6.45, 7) is 3.81. The summed E-state index contributed by atoms with van der Waals surface area (Å²) in [6, 6.07) is 0. The summed E-state index contributed by atoms with van der Waals surface area (Å²) in [7, 11) is 0. The molecule has 0 aliphatic rings. The smallest absolute Gasteiger partial charge is 0.426 e. The third-order valence-corrected chi connectivity index (χ3v) is 0.817. The van der Waals surface area contributed by atoms with Gasteiger partial charge in [-0.1, -0.05) is 0 Å². The molecule has 7 nitrogen and oxygen atoms in total. The molecule has 0 atom stereocenters. The van der Waals surface area contributed by atoms with Gasteiger partial charge in [-0.15, -0.1) is 0 Å². The zero-order valence-corrected chi connectivity index (χ0v) is 7.55. The van der Waals surface area contributed by atoms with Crippen molar-refractivity contribution in [3.63, 3.8) is 0 Å². The van der Waals surface area contributed by atoms with Gasteiger partial charge in [-0.25, -0.2) is 20.4 Å². The molecule has 2 amide bonds. The first-order chi connectivity index (χ1) is 5.70. The maximum absolute atomic E-state index is 10.5. The van der Waals surface area contributed by atoms with Crippen molar-refractivity contribution in [2.75, 3.05) is 13.2 Å². The fourth-order valence-electron chi connectivity index (χ4n) is 0.436. The van der Waals surface area contributed by atoms with E-state index < -0.39 is 12.2 Å². The van der Waals surface area contributed by atoms with Crippen LogP contribution in [0.1, 0.15) is 13.8 Å². The van der Waals surface area contributed by atoms with Gasteiger partial charge in [0.25, 0.3) is 0 Å². The first-order valence-electron chi connectivity index (χ1n) is 3.56. The Morgan fingerprint density at radius 2 is 1.31 bits per heavy atom. The number of hydrogen-bond acceptors (Lipinski definition) is 4. The topological polar surface area (TPSA) is 108 Å². The molecule has 0 rings (SSSR count). The molecule has 0 saturated heterocycles. The van der Waals surface area contributed by atoms with Crippen LogP contribution in [0.25, 0.3) is 0 Å². The van der Waals surface area contributed by atoms with Crippen molar-refractivity contribution in [3.8, 4) is 0 Å². The molecule has 0 heterocycles. The molecule has 4 N–H and O–H groups in total. The quantitative estimate of drug-likeness (QED) is 0.581. The summed E-state index contributed by atoms with van der Waals surface area (Å²) in [4.78, 5) is 21.1. The van der Waals surface area contributed by atoms with E-state index >= 15 is 0 Å². The molecule has 0 radical (unpaired) electrons. The number of hydrazine groups is 1. The molecule has 13 heavy (non-hydrogen) atoms. The molecule has 78 valence electrons. The molecule has 0 unspecified atom stereocenters. The van der Waals surface area contributed by atoms with Gasteiger partial charge >= 0.3 is 12.2 Å². The third kappa shape index (κ3) is 8.41. The number of carbonyl (C=O) groups excluding carboxylic acids is 2. The van der Waals surface area contributed by atoms with Gasteiger partial charge in [0.15, 0.2) is 0 Å². The lowest BCUT2D eigenvalue weighted by molar-refractivity contribution is 0.130. The Kier molecular flexibility index (Phi) is 9.29. The van der Waals surface area contributed by atoms with E-state index in [1.54, 1.807) is 13.8 Å². The van der Waals surface area contributed by atoms with Crippen molar-refractivity contribution in [1.29, 1.82) is 0 Å². The second-order valence-electron chi connectivity index (χ2n) is 1.69. The van der Waals surface area contributed by atoms with Crippen molar-refractivity contribution in [1.82, 2.24) is 10.9 Å². The van der Waals surface area contributed by atoms with E-state index in [1.807, 2.05) is 10.9 Å². The maximum Gasteiger partial charge on any atom is 0.426 e. The van der Waals surface area contributed by atoms with E-state index in [0.717, 1.165) is 0 Å². The Bertz CT molecular complexity index is 143. The first kappa shape index (κ1) is 14.0. The first-order valence-corrected chi connectivity index (χ1v) is 3.56. The van der Waals surface area contributed by atoms with E-state index in [4.69, 9.17) is 0 Å². The minimum absolute atomic E-state index is 0. The van der Waals surface area contributed by atoms with Crippen LogP contribution in [0, 0.1) is 0 Å². The van der Waals surface area contributed by atoms with Gasteiger partial charge in [0, 0.05) is 0 Å². The Labute approximate surface area is 75.7 Å². The molecular formula is C6H14N2O5. The zero-order chi connectivity index (χ0) is 9.40. The highest BCUT2D eigenvalue weighted by Crippen LogP contribution is 1.75. The predicted octanol–water partition coefficient (Wildman–Crippen LogP) is -0.431. The largest absolute Gasteiger partial charge is 0.449 e. The average molecular weight is 194 g/mol. The van der Waals surface area contributed by atoms with Crippen molar-refractivity contribution in [2.24, 2.45) is 0 Å². The maximum atomic E-state index is 10.5. The third-order valence-electron chi connectivity index (χ3n) is 0.817. The van der Waals surface area contributed by atoms with E-state index in [2.05, 4.69) is 9.47 Å². The van der Waals surface area contributed by atoms with Crippen LogP contribution in [0.15, 0.2) is 0 Å². The minimum Gasteiger partial charge on any atom is -0.449 e. The number of hydrogen-bond donors (Lipinski definition) is 2. The summed E-state index contributed by atoms with van der Waals surface area (Å²) in [5.41, 5.74) is 3.96. The molecule has 0 aromatic heterocycles. The van der Waals surface area contributed by atoms with E-state index in [1.165, 1.54) is 0 Å². The lowest BCUT2D eigenvalue weighted by Crippen LogP contribution is -2.42. The van der Waals surface area contributed by atoms with Gasteiger partial charge in [-0.05, 0) is 13.8 Å². The molecule has 7 heteroatoms. The lowest BCUT2D eigenvalue weighted by Gasteiger charge is -2.05. The van der Waals surface area contributed by atoms with Crippen molar-refractivity contribution in [2.45, 2.75) is 13.8 Å². The van der Waals surface area contributed by atoms with E-state index in [-0.39, 0.29) is 18.7 Å². The SMILES string of the molecule is CCOC(=O)NNC(=O)OCC.O. The summed E-state index contributed by atoms with van der Waals surface area (Å²) in [5, 5.41) is 0. The fraction of sp³-hybridized carbons (Fsp3) is 0.667. The van der Waals surface area contributed by atoms with Crippen molar-refractivity contribution >= 4 is 12.2 Å². The number of nitrogens with one attached hydrogen (secondary N) is 2. The Morgan fingerprint density at radius 1 is 1.00 bits per heavy atom. The van der Waals surface area contributed by atoms with Gasteiger partial charge in [-0.3, -0.25) is 0 Å². The van der Waals surface area contributed by atoms with Gasteiger partial charge < -0.3 is 14.9 Å². The van der Waals surface area contributed by atoms with Crippen LogP contribution < -0.4 is 10.9 Å². The Balaban J connectivity index is 0. The number of ether oxygens (including phenoxy) is 2. The second kappa shape index (κ2) is 8.60. The van der Waals surface area contributed by atoms with E-state index in [0.29, 0.717) is 0 Å². The lowest BCUT2D eigenvalue weighted by atomic mass is 10.9. The van der Waals surface area contributed by atoms with Crippen LogP contribution >= 0.6 is 0 Å². The van der Waals surface area contributed by atoms with Crippen molar-refractivity contribution < 1.29 is 24.5 Å². The second-order valence-corrected chi connectivity index (χ2v) is 1.69. The summed E-state index contributed by atoms with van der Waals surface area (Å²) >= 11 is 0. The number of amides is 2. The molecule has 0 saturated carbocycles. The summed E-state index contributed by atoms with van der Waals surface area (Å²) in [5.74, 6) is 0. The Morgan fingerprint density at radius 3 is 1.54 bits per heavy atom. The molecule has 0 fully saturated rings. The molecule has 0 aromatic rings. The average Bonchev–Trinajstić information content (AvgIpc) is 2.02. The van der Waals surface area contributed by atoms with Gasteiger partial charge in [0.1, 0.15) is 0 Å². The highest BCUT2D eigenvalue weighted by molar-refractivity contribution is 5.73. The number of carbonyl (C=O) groups is 2. The fourth-order valence-corrected chi connectivity index (χ4v) is 0.436. The standard InChI is InChI=1S/C6H12N2O4.H2O/c1-3-11-5(9)7-8-6(10)12-4-2;/h3-4H2,1-2H3,(H,7,9)(H,8,10);1H2. The molecule has 0 aromatic carbocycles. The van der Waals surface area contributed by atoms with Crippen LogP contribution in [0.3, 0.4) is 0 Å². The molecule has 0 spiro atoms. The number of rotatable bonds is 2. The van der Waals surface area contributed by atoms with Crippen LogP contribution in [-0.4, -0.2) is 30.9 Å². The molecular weight excluding hydrogens is 180 g/mol. The monoisotopic (exact) mass is 194 g/mol. The van der Waals surface area contributed by atoms with Gasteiger partial charge in [-0.2, -0.15) is 0 Å². The van der Waals surface area contributed by atoms with Crippen LogP contribution in [0.2, 0.25) is 0 Å². The highest BCUT2D eigenvalue weighted by atomic mass is 16.6. The normalized spacial score (nSPS) is 7.85. The molecule has 0 aliphatic carbocycles. The van der Waals surface area contributed by atoms with Crippen LogP contribution in [0.5, 0.6) is 0 Å². The summed E-state index contributed by atoms with van der Waals surface area (Å²) < 4.78 is 8.90. The van der Waals surface area contributed by atoms with Crippen LogP contribution in [-0.2, 0) is 9.47 Å².